The monoisotopic (exact) mass is 469 g/mol. The maximum Gasteiger partial charge on any atom is 0.265 e. The molecule has 0 aromatic heterocycles. The Morgan fingerprint density at radius 1 is 1.09 bits per heavy atom. The second kappa shape index (κ2) is 12.6. The summed E-state index contributed by atoms with van der Waals surface area (Å²) in [6, 6.07) is 13.8. The van der Waals surface area contributed by atoms with Crippen molar-refractivity contribution in [3.05, 3.63) is 64.8 Å². The van der Waals surface area contributed by atoms with Crippen molar-refractivity contribution in [2.24, 2.45) is 0 Å². The molecule has 176 valence electrons. The van der Waals surface area contributed by atoms with Crippen molar-refractivity contribution in [3.63, 3.8) is 0 Å². The van der Waals surface area contributed by atoms with E-state index in [0.29, 0.717) is 22.7 Å². The SMILES string of the molecule is CCCCN(CC)CCCNC(=O)CN1C(=O)/C(=C/c2ccccc2F)Sc2ccccc21. The maximum atomic E-state index is 14.2. The molecule has 0 fully saturated rings. The van der Waals surface area contributed by atoms with E-state index in [0.717, 1.165) is 31.0 Å². The molecule has 0 bridgehead atoms. The highest BCUT2D eigenvalue weighted by Gasteiger charge is 2.30. The third-order valence-corrected chi connectivity index (χ3v) is 6.65. The van der Waals surface area contributed by atoms with E-state index in [-0.39, 0.29) is 24.2 Å². The standard InChI is InChI=1S/C26H32FN3O2S/c1-3-5-16-29(4-2)17-10-15-28-25(31)19-30-22-13-8-9-14-23(22)33-24(26(30)32)18-20-11-6-7-12-21(20)27/h6-9,11-14,18H,3-5,10,15-17,19H2,1-2H3,(H,28,31)/b24-18-. The second-order valence-corrected chi connectivity index (χ2v) is 9.07. The Balaban J connectivity index is 1.65. The number of carbonyl (C=O) groups excluding carboxylic acids is 2. The number of para-hydroxylation sites is 1. The van der Waals surface area contributed by atoms with Crippen LogP contribution < -0.4 is 10.2 Å². The van der Waals surface area contributed by atoms with Crippen LogP contribution >= 0.6 is 11.8 Å². The Kier molecular flexibility index (Phi) is 9.51. The van der Waals surface area contributed by atoms with Gasteiger partial charge in [0.05, 0.1) is 10.6 Å². The molecule has 0 radical (unpaired) electrons. The lowest BCUT2D eigenvalue weighted by atomic mass is 10.2. The molecule has 1 heterocycles. The molecule has 0 atom stereocenters. The minimum Gasteiger partial charge on any atom is -0.355 e. The van der Waals surface area contributed by atoms with Crippen LogP contribution in [0.15, 0.2) is 58.3 Å². The molecule has 0 unspecified atom stereocenters. The second-order valence-electron chi connectivity index (χ2n) is 7.98. The van der Waals surface area contributed by atoms with Crippen molar-refractivity contribution < 1.29 is 14.0 Å². The molecule has 0 spiro atoms. The maximum absolute atomic E-state index is 14.2. The van der Waals surface area contributed by atoms with Gasteiger partial charge in [0.25, 0.3) is 5.91 Å². The summed E-state index contributed by atoms with van der Waals surface area (Å²) in [5, 5.41) is 2.94. The molecule has 3 rings (SSSR count). The molecule has 1 N–H and O–H groups in total. The third-order valence-electron chi connectivity index (χ3n) is 5.57. The minimum atomic E-state index is -0.387. The number of carbonyl (C=O) groups is 2. The number of thioether (sulfide) groups is 1. The molecule has 0 saturated heterocycles. The molecule has 5 nitrogen and oxygen atoms in total. The number of nitrogens with zero attached hydrogens (tertiary/aromatic N) is 2. The van der Waals surface area contributed by atoms with Crippen molar-refractivity contribution in [2.75, 3.05) is 37.6 Å². The smallest absolute Gasteiger partial charge is 0.265 e. The zero-order valence-corrected chi connectivity index (χ0v) is 20.2. The van der Waals surface area contributed by atoms with Gasteiger partial charge in [0.2, 0.25) is 5.91 Å². The van der Waals surface area contributed by atoms with Gasteiger partial charge in [-0.2, -0.15) is 0 Å². The van der Waals surface area contributed by atoms with E-state index < -0.39 is 0 Å². The van der Waals surface area contributed by atoms with Gasteiger partial charge in [0.15, 0.2) is 0 Å². The highest BCUT2D eigenvalue weighted by molar-refractivity contribution is 8.04. The summed E-state index contributed by atoms with van der Waals surface area (Å²) >= 11 is 1.30. The van der Waals surface area contributed by atoms with Crippen LogP contribution in [0.1, 0.15) is 38.7 Å². The van der Waals surface area contributed by atoms with E-state index in [9.17, 15) is 14.0 Å². The number of anilines is 1. The Morgan fingerprint density at radius 3 is 2.58 bits per heavy atom. The van der Waals surface area contributed by atoms with Crippen LogP contribution in [0.3, 0.4) is 0 Å². The first-order valence-corrected chi connectivity index (χ1v) is 12.4. The van der Waals surface area contributed by atoms with Gasteiger partial charge in [-0.3, -0.25) is 14.5 Å². The topological polar surface area (TPSA) is 52.7 Å². The van der Waals surface area contributed by atoms with E-state index >= 15 is 0 Å². The van der Waals surface area contributed by atoms with Crippen molar-refractivity contribution in [3.8, 4) is 0 Å². The molecule has 2 amide bonds. The van der Waals surface area contributed by atoms with E-state index in [4.69, 9.17) is 0 Å². The van der Waals surface area contributed by atoms with E-state index in [1.54, 1.807) is 24.3 Å². The van der Waals surface area contributed by atoms with Gasteiger partial charge in [-0.15, -0.1) is 0 Å². The van der Waals surface area contributed by atoms with Gasteiger partial charge in [0.1, 0.15) is 12.4 Å². The van der Waals surface area contributed by atoms with Crippen LogP contribution in [0.2, 0.25) is 0 Å². The normalized spacial score (nSPS) is 14.6. The van der Waals surface area contributed by atoms with Crippen LogP contribution in [-0.4, -0.2) is 49.4 Å². The number of nitrogens with one attached hydrogen (secondary N) is 1. The summed E-state index contributed by atoms with van der Waals surface area (Å²) in [6.45, 7) is 7.85. The van der Waals surface area contributed by atoms with Crippen LogP contribution in [0.4, 0.5) is 10.1 Å². The zero-order valence-electron chi connectivity index (χ0n) is 19.4. The molecule has 33 heavy (non-hydrogen) atoms. The van der Waals surface area contributed by atoms with Crippen molar-refractivity contribution >= 4 is 35.3 Å². The summed E-state index contributed by atoms with van der Waals surface area (Å²) in [4.78, 5) is 31.0. The number of halogens is 1. The number of amides is 2. The lowest BCUT2D eigenvalue weighted by Gasteiger charge is -2.30. The summed E-state index contributed by atoms with van der Waals surface area (Å²) in [5.41, 5.74) is 1.05. The number of unbranched alkanes of at least 4 members (excludes halogenated alkanes) is 1. The van der Waals surface area contributed by atoms with Crippen molar-refractivity contribution in [1.29, 1.82) is 0 Å². The summed E-state index contributed by atoms with van der Waals surface area (Å²) in [6.07, 6.45) is 4.77. The molecule has 2 aromatic carbocycles. The van der Waals surface area contributed by atoms with Gasteiger partial charge in [-0.25, -0.2) is 4.39 Å². The average molecular weight is 470 g/mol. The average Bonchev–Trinajstić information content (AvgIpc) is 2.82. The minimum absolute atomic E-state index is 0.0711. The molecule has 1 aliphatic rings. The Morgan fingerprint density at radius 2 is 1.82 bits per heavy atom. The first-order chi connectivity index (χ1) is 16.0. The molecule has 7 heteroatoms. The molecule has 0 saturated carbocycles. The van der Waals surface area contributed by atoms with Gasteiger partial charge in [-0.1, -0.05) is 62.4 Å². The van der Waals surface area contributed by atoms with Gasteiger partial charge in [0, 0.05) is 17.0 Å². The fraction of sp³-hybridized carbons (Fsp3) is 0.385. The largest absolute Gasteiger partial charge is 0.355 e. The first kappa shape index (κ1) is 25.0. The highest BCUT2D eigenvalue weighted by atomic mass is 32.2. The molecule has 0 aliphatic carbocycles. The predicted octanol–water partition coefficient (Wildman–Crippen LogP) is 4.93. The van der Waals surface area contributed by atoms with Crippen LogP contribution in [0.5, 0.6) is 0 Å². The summed E-state index contributed by atoms with van der Waals surface area (Å²) in [5.74, 6) is -0.887. The lowest BCUT2D eigenvalue weighted by Crippen LogP contribution is -2.43. The lowest BCUT2D eigenvalue weighted by molar-refractivity contribution is -0.122. The fourth-order valence-electron chi connectivity index (χ4n) is 3.69. The quantitative estimate of drug-likeness (QED) is 0.374. The Bertz CT molecular complexity index is 995. The molecular formula is C26H32FN3O2S. The third kappa shape index (κ3) is 6.92. The number of rotatable bonds is 11. The molecular weight excluding hydrogens is 437 g/mol. The number of hydrogen-bond acceptors (Lipinski definition) is 4. The van der Waals surface area contributed by atoms with Crippen LogP contribution in [-0.2, 0) is 9.59 Å². The Labute approximate surface area is 200 Å². The van der Waals surface area contributed by atoms with Gasteiger partial charge < -0.3 is 10.2 Å². The predicted molar refractivity (Wildman–Crippen MR) is 134 cm³/mol. The molecule has 2 aromatic rings. The van der Waals surface area contributed by atoms with Crippen molar-refractivity contribution in [2.45, 2.75) is 38.0 Å². The molecule has 1 aliphatic heterocycles. The highest BCUT2D eigenvalue weighted by Crippen LogP contribution is 2.42. The summed E-state index contributed by atoms with van der Waals surface area (Å²) in [7, 11) is 0. The summed E-state index contributed by atoms with van der Waals surface area (Å²) < 4.78 is 14.2. The fourth-order valence-corrected chi connectivity index (χ4v) is 4.74. The van der Waals surface area contributed by atoms with Crippen molar-refractivity contribution in [1.82, 2.24) is 10.2 Å². The Hall–Kier alpha value is -2.64. The number of hydrogen-bond donors (Lipinski definition) is 1. The zero-order chi connectivity index (χ0) is 23.6. The first-order valence-electron chi connectivity index (χ1n) is 11.6. The number of fused-ring (bicyclic) bond motifs is 1. The van der Waals surface area contributed by atoms with Gasteiger partial charge in [-0.05, 0) is 56.8 Å². The number of benzene rings is 2. The van der Waals surface area contributed by atoms with Crippen LogP contribution in [0, 0.1) is 5.82 Å². The van der Waals surface area contributed by atoms with Crippen LogP contribution in [0.25, 0.3) is 6.08 Å². The van der Waals surface area contributed by atoms with Gasteiger partial charge >= 0.3 is 0 Å². The van der Waals surface area contributed by atoms with E-state index in [1.807, 2.05) is 24.3 Å². The van der Waals surface area contributed by atoms with E-state index in [1.165, 1.54) is 35.6 Å². The van der Waals surface area contributed by atoms with E-state index in [2.05, 4.69) is 24.1 Å².